The molecule has 2 amide bonds. The zero-order chi connectivity index (χ0) is 15.3. The van der Waals surface area contributed by atoms with Crippen molar-refractivity contribution in [1.29, 1.82) is 0 Å². The van der Waals surface area contributed by atoms with Gasteiger partial charge in [0.1, 0.15) is 11.0 Å². The standard InChI is InChI=1S/C14H6ClN5O2/c15-8-3-1-7-2-4-9(19-12(7)18-8)20-13(21)10-11(14(20)22)17-6-5-16-10/h1-6H. The lowest BCUT2D eigenvalue weighted by atomic mass is 10.3. The van der Waals surface area contributed by atoms with Crippen molar-refractivity contribution >= 4 is 40.3 Å². The number of carbonyl (C=O) groups is 2. The van der Waals surface area contributed by atoms with Crippen LogP contribution in [0.15, 0.2) is 36.7 Å². The number of pyridine rings is 2. The van der Waals surface area contributed by atoms with Gasteiger partial charge in [0.25, 0.3) is 11.8 Å². The molecule has 4 heterocycles. The van der Waals surface area contributed by atoms with Crippen molar-refractivity contribution in [2.75, 3.05) is 4.90 Å². The minimum Gasteiger partial charge on any atom is -0.266 e. The Bertz CT molecular complexity index is 924. The molecule has 0 unspecified atom stereocenters. The van der Waals surface area contributed by atoms with Gasteiger partial charge >= 0.3 is 0 Å². The fourth-order valence-electron chi connectivity index (χ4n) is 2.25. The van der Waals surface area contributed by atoms with Gasteiger partial charge in [-0.3, -0.25) is 9.59 Å². The van der Waals surface area contributed by atoms with Gasteiger partial charge in [-0.1, -0.05) is 11.6 Å². The summed E-state index contributed by atoms with van der Waals surface area (Å²) >= 11 is 5.84. The first-order valence-corrected chi connectivity index (χ1v) is 6.66. The zero-order valence-electron chi connectivity index (χ0n) is 10.9. The Balaban J connectivity index is 1.86. The van der Waals surface area contributed by atoms with Gasteiger partial charge < -0.3 is 0 Å². The van der Waals surface area contributed by atoms with Crippen LogP contribution in [0.5, 0.6) is 0 Å². The average Bonchev–Trinajstić information content (AvgIpc) is 2.79. The molecule has 0 fully saturated rings. The number of imide groups is 1. The maximum atomic E-state index is 12.3. The van der Waals surface area contributed by atoms with E-state index in [-0.39, 0.29) is 22.4 Å². The molecule has 0 bridgehead atoms. The fourth-order valence-corrected chi connectivity index (χ4v) is 2.40. The first-order valence-electron chi connectivity index (χ1n) is 6.28. The summed E-state index contributed by atoms with van der Waals surface area (Å²) in [6.07, 6.45) is 2.73. The molecule has 106 valence electrons. The van der Waals surface area contributed by atoms with Crippen LogP contribution in [0.1, 0.15) is 21.0 Å². The van der Waals surface area contributed by atoms with Crippen molar-refractivity contribution in [2.45, 2.75) is 0 Å². The summed E-state index contributed by atoms with van der Waals surface area (Å²) in [7, 11) is 0. The highest BCUT2D eigenvalue weighted by Crippen LogP contribution is 2.26. The molecule has 0 atom stereocenters. The molecule has 1 aliphatic heterocycles. The Morgan fingerprint density at radius 3 is 2.18 bits per heavy atom. The number of hydrogen-bond acceptors (Lipinski definition) is 6. The molecule has 3 aromatic rings. The third-order valence-corrected chi connectivity index (χ3v) is 3.45. The van der Waals surface area contributed by atoms with Crippen LogP contribution in [0.4, 0.5) is 5.82 Å². The summed E-state index contributed by atoms with van der Waals surface area (Å²) in [6, 6.07) is 6.68. The van der Waals surface area contributed by atoms with Gasteiger partial charge in [0, 0.05) is 17.8 Å². The van der Waals surface area contributed by atoms with Crippen LogP contribution in [0.3, 0.4) is 0 Å². The van der Waals surface area contributed by atoms with Crippen molar-refractivity contribution in [3.8, 4) is 0 Å². The molecule has 8 heteroatoms. The van der Waals surface area contributed by atoms with E-state index in [1.165, 1.54) is 12.4 Å². The summed E-state index contributed by atoms with van der Waals surface area (Å²) in [4.78, 5) is 41.7. The number of amides is 2. The van der Waals surface area contributed by atoms with Crippen molar-refractivity contribution in [2.24, 2.45) is 0 Å². The SMILES string of the molecule is O=C1c2nccnc2C(=O)N1c1ccc2ccc(Cl)nc2n1. The molecule has 0 saturated carbocycles. The molecule has 0 aromatic carbocycles. The monoisotopic (exact) mass is 311 g/mol. The summed E-state index contributed by atoms with van der Waals surface area (Å²) < 4.78 is 0. The predicted molar refractivity (Wildman–Crippen MR) is 77.7 cm³/mol. The molecule has 0 N–H and O–H groups in total. The van der Waals surface area contributed by atoms with Crippen LogP contribution in [0.2, 0.25) is 5.15 Å². The third-order valence-electron chi connectivity index (χ3n) is 3.24. The van der Waals surface area contributed by atoms with Crippen molar-refractivity contribution in [1.82, 2.24) is 19.9 Å². The number of hydrogen-bond donors (Lipinski definition) is 0. The highest BCUT2D eigenvalue weighted by Gasteiger charge is 2.40. The number of nitrogens with zero attached hydrogens (tertiary/aromatic N) is 5. The lowest BCUT2D eigenvalue weighted by Gasteiger charge is -2.12. The first kappa shape index (κ1) is 12.8. The maximum absolute atomic E-state index is 12.3. The fraction of sp³-hybridized carbons (Fsp3) is 0. The highest BCUT2D eigenvalue weighted by molar-refractivity contribution is 6.32. The summed E-state index contributed by atoms with van der Waals surface area (Å²) in [5.41, 5.74) is 0.393. The Morgan fingerprint density at radius 1 is 0.864 bits per heavy atom. The average molecular weight is 312 g/mol. The number of fused-ring (bicyclic) bond motifs is 2. The molecule has 0 radical (unpaired) electrons. The summed E-state index contributed by atoms with van der Waals surface area (Å²) in [6.45, 7) is 0. The smallest absolute Gasteiger partial charge is 0.266 e. The minimum atomic E-state index is -0.554. The number of aromatic nitrogens is 4. The maximum Gasteiger partial charge on any atom is 0.287 e. The molecule has 0 spiro atoms. The summed E-state index contributed by atoms with van der Waals surface area (Å²) in [5.74, 6) is -0.943. The van der Waals surface area contributed by atoms with Gasteiger partial charge in [0.2, 0.25) is 0 Å². The van der Waals surface area contributed by atoms with E-state index in [0.717, 1.165) is 10.3 Å². The zero-order valence-corrected chi connectivity index (χ0v) is 11.7. The minimum absolute atomic E-state index is 0.0217. The topological polar surface area (TPSA) is 88.9 Å². The predicted octanol–water partition coefficient (Wildman–Crippen LogP) is 1.87. The van der Waals surface area contributed by atoms with E-state index in [2.05, 4.69) is 19.9 Å². The number of anilines is 1. The summed E-state index contributed by atoms with van der Waals surface area (Å²) in [5, 5.41) is 1.03. The Labute approximate surface area is 128 Å². The van der Waals surface area contributed by atoms with E-state index < -0.39 is 11.8 Å². The van der Waals surface area contributed by atoms with Crippen molar-refractivity contribution < 1.29 is 9.59 Å². The van der Waals surface area contributed by atoms with Crippen LogP contribution in [-0.2, 0) is 0 Å². The normalized spacial score (nSPS) is 13.8. The van der Waals surface area contributed by atoms with E-state index in [9.17, 15) is 9.59 Å². The molecule has 22 heavy (non-hydrogen) atoms. The lowest BCUT2D eigenvalue weighted by Crippen LogP contribution is -2.30. The van der Waals surface area contributed by atoms with Gasteiger partial charge in [-0.15, -0.1) is 0 Å². The lowest BCUT2D eigenvalue weighted by molar-refractivity contribution is 0.0922. The van der Waals surface area contributed by atoms with Crippen molar-refractivity contribution in [3.05, 3.63) is 53.2 Å². The Kier molecular flexibility index (Phi) is 2.64. The van der Waals surface area contributed by atoms with E-state index in [1.807, 2.05) is 0 Å². The highest BCUT2D eigenvalue weighted by atomic mass is 35.5. The molecular weight excluding hydrogens is 306 g/mol. The molecule has 3 aromatic heterocycles. The molecule has 1 aliphatic rings. The van der Waals surface area contributed by atoms with E-state index in [0.29, 0.717) is 5.65 Å². The van der Waals surface area contributed by atoms with E-state index in [1.54, 1.807) is 24.3 Å². The Morgan fingerprint density at radius 2 is 1.50 bits per heavy atom. The molecule has 0 saturated heterocycles. The van der Waals surface area contributed by atoms with Gasteiger partial charge in [0.05, 0.1) is 0 Å². The number of carbonyl (C=O) groups excluding carboxylic acids is 2. The van der Waals surface area contributed by atoms with Crippen LogP contribution in [0, 0.1) is 0 Å². The number of halogens is 1. The third kappa shape index (κ3) is 1.76. The van der Waals surface area contributed by atoms with E-state index >= 15 is 0 Å². The van der Waals surface area contributed by atoms with Gasteiger partial charge in [-0.05, 0) is 24.3 Å². The molecule has 0 aliphatic carbocycles. The second-order valence-electron chi connectivity index (χ2n) is 4.55. The number of rotatable bonds is 1. The van der Waals surface area contributed by atoms with Crippen LogP contribution >= 0.6 is 11.6 Å². The van der Waals surface area contributed by atoms with Gasteiger partial charge in [-0.25, -0.2) is 24.8 Å². The van der Waals surface area contributed by atoms with Crippen LogP contribution in [0.25, 0.3) is 11.0 Å². The largest absolute Gasteiger partial charge is 0.287 e. The van der Waals surface area contributed by atoms with Crippen LogP contribution < -0.4 is 4.90 Å². The van der Waals surface area contributed by atoms with Crippen molar-refractivity contribution in [3.63, 3.8) is 0 Å². The quantitative estimate of drug-likeness (QED) is 0.503. The van der Waals surface area contributed by atoms with Gasteiger partial charge in [-0.2, -0.15) is 0 Å². The van der Waals surface area contributed by atoms with E-state index in [4.69, 9.17) is 11.6 Å². The first-order chi connectivity index (χ1) is 10.6. The second-order valence-corrected chi connectivity index (χ2v) is 4.94. The Hall–Kier alpha value is -2.93. The van der Waals surface area contributed by atoms with Crippen LogP contribution in [-0.4, -0.2) is 31.8 Å². The molecule has 7 nitrogen and oxygen atoms in total. The molecular formula is C14H6ClN5O2. The van der Waals surface area contributed by atoms with Gasteiger partial charge in [0.15, 0.2) is 17.0 Å². The molecule has 4 rings (SSSR count). The second kappa shape index (κ2) is 4.54.